The molecule has 4 rings (SSSR count). The molecule has 9 heteroatoms. The van der Waals surface area contributed by atoms with Gasteiger partial charge in [0, 0.05) is 35.3 Å². The van der Waals surface area contributed by atoms with E-state index >= 15 is 0 Å². The Bertz CT molecular complexity index is 1380. The van der Waals surface area contributed by atoms with Crippen LogP contribution < -0.4 is 9.47 Å². The van der Waals surface area contributed by atoms with Gasteiger partial charge in [-0.25, -0.2) is 9.59 Å². The predicted octanol–water partition coefficient (Wildman–Crippen LogP) is 5.10. The summed E-state index contributed by atoms with van der Waals surface area (Å²) in [4.78, 5) is 48.8. The lowest BCUT2D eigenvalue weighted by Gasteiger charge is -2.09. The summed E-state index contributed by atoms with van der Waals surface area (Å²) in [5.74, 6) is -0.381. The largest absolute Gasteiger partial charge is 0.482 e. The van der Waals surface area contributed by atoms with Crippen LogP contribution in [0.15, 0.2) is 109 Å². The molecule has 0 fully saturated rings. The zero-order valence-corrected chi connectivity index (χ0v) is 24.0. The van der Waals surface area contributed by atoms with Gasteiger partial charge in [-0.15, -0.1) is 0 Å². The van der Waals surface area contributed by atoms with E-state index in [1.165, 1.54) is 0 Å². The van der Waals surface area contributed by atoms with Gasteiger partial charge < -0.3 is 23.7 Å². The van der Waals surface area contributed by atoms with Crippen LogP contribution in [0, 0.1) is 0 Å². The van der Waals surface area contributed by atoms with E-state index in [-0.39, 0.29) is 44.6 Å². The molecular weight excluding hydrogens is 564 g/mol. The third-order valence-corrected chi connectivity index (χ3v) is 6.21. The molecule has 0 aliphatic carbocycles. The van der Waals surface area contributed by atoms with Crippen LogP contribution in [0.25, 0.3) is 0 Å². The molecule has 44 heavy (non-hydrogen) atoms. The van der Waals surface area contributed by atoms with E-state index in [4.69, 9.17) is 23.7 Å². The summed E-state index contributed by atoms with van der Waals surface area (Å²) in [7, 11) is 0. The van der Waals surface area contributed by atoms with Gasteiger partial charge in [0.1, 0.15) is 18.1 Å². The van der Waals surface area contributed by atoms with Crippen LogP contribution >= 0.6 is 0 Å². The monoisotopic (exact) mass is 596 g/mol. The molecule has 0 amide bonds. The lowest BCUT2D eigenvalue weighted by Crippen LogP contribution is -2.18. The van der Waals surface area contributed by atoms with Gasteiger partial charge in [0.2, 0.25) is 0 Å². The van der Waals surface area contributed by atoms with Gasteiger partial charge in [-0.1, -0.05) is 60.7 Å². The van der Waals surface area contributed by atoms with Crippen molar-refractivity contribution in [3.63, 3.8) is 0 Å². The fourth-order valence-corrected chi connectivity index (χ4v) is 3.95. The van der Waals surface area contributed by atoms with Gasteiger partial charge in [-0.3, -0.25) is 9.59 Å². The highest BCUT2D eigenvalue weighted by Crippen LogP contribution is 2.17. The van der Waals surface area contributed by atoms with Crippen molar-refractivity contribution in [3.8, 4) is 11.5 Å². The number of ether oxygens (including phenoxy) is 5. The van der Waals surface area contributed by atoms with E-state index in [0.29, 0.717) is 46.8 Å². The van der Waals surface area contributed by atoms with Crippen LogP contribution in [0.1, 0.15) is 38.3 Å². The van der Waals surface area contributed by atoms with Crippen molar-refractivity contribution in [2.24, 2.45) is 0 Å². The third-order valence-electron chi connectivity index (χ3n) is 6.21. The minimum Gasteiger partial charge on any atom is -0.482 e. The summed E-state index contributed by atoms with van der Waals surface area (Å²) in [6.45, 7) is 0.155. The molecule has 0 aromatic heterocycles. The molecule has 226 valence electrons. The second-order valence-electron chi connectivity index (χ2n) is 9.42. The molecule has 0 bridgehead atoms. The molecular formula is C35H32O9. The van der Waals surface area contributed by atoms with Gasteiger partial charge in [0.05, 0.1) is 13.2 Å². The first kappa shape index (κ1) is 31.7. The summed E-state index contributed by atoms with van der Waals surface area (Å²) in [6, 6.07) is 31.0. The van der Waals surface area contributed by atoms with Crippen LogP contribution in [0.3, 0.4) is 0 Å². The van der Waals surface area contributed by atoms with Crippen molar-refractivity contribution in [3.05, 3.63) is 131 Å². The van der Waals surface area contributed by atoms with Gasteiger partial charge >= 0.3 is 11.9 Å². The molecule has 9 nitrogen and oxygen atoms in total. The molecule has 4 aromatic carbocycles. The number of carbonyl (C=O) groups is 4. The van der Waals surface area contributed by atoms with Crippen LogP contribution in [-0.2, 0) is 23.8 Å². The normalized spacial score (nSPS) is 10.5. The first-order valence-corrected chi connectivity index (χ1v) is 14.0. The van der Waals surface area contributed by atoms with Gasteiger partial charge in [-0.05, 0) is 48.5 Å². The SMILES string of the molecule is O=C(COc1ccc(C(=O)c2ccccc2)cc1)OCCCOCCOC(=O)COc1ccc(C(=O)c2ccccc2)cc1. The molecule has 4 aromatic rings. The van der Waals surface area contributed by atoms with Crippen LogP contribution in [0.4, 0.5) is 0 Å². The molecule has 0 atom stereocenters. The molecule has 0 N–H and O–H groups in total. The average molecular weight is 597 g/mol. The molecule has 0 saturated carbocycles. The lowest BCUT2D eigenvalue weighted by atomic mass is 10.0. The lowest BCUT2D eigenvalue weighted by molar-refractivity contribution is -0.149. The number of hydrogen-bond donors (Lipinski definition) is 0. The number of rotatable bonds is 17. The van der Waals surface area contributed by atoms with E-state index in [2.05, 4.69) is 0 Å². The maximum absolute atomic E-state index is 12.5. The summed E-state index contributed by atoms with van der Waals surface area (Å²) in [6.07, 6.45) is 0.460. The fourth-order valence-electron chi connectivity index (χ4n) is 3.95. The topological polar surface area (TPSA) is 114 Å². The van der Waals surface area contributed by atoms with Crippen LogP contribution in [-0.4, -0.2) is 63.1 Å². The number of esters is 2. The predicted molar refractivity (Wildman–Crippen MR) is 161 cm³/mol. The summed E-state index contributed by atoms with van der Waals surface area (Å²) in [5, 5.41) is 0. The van der Waals surface area contributed by atoms with Crippen molar-refractivity contribution in [2.45, 2.75) is 6.42 Å². The van der Waals surface area contributed by atoms with E-state index in [0.717, 1.165) is 0 Å². The molecule has 0 aliphatic heterocycles. The molecule has 0 heterocycles. The van der Waals surface area contributed by atoms with E-state index < -0.39 is 11.9 Å². The summed E-state index contributed by atoms with van der Waals surface area (Å²) in [5.41, 5.74) is 2.23. The van der Waals surface area contributed by atoms with Crippen LogP contribution in [0.5, 0.6) is 11.5 Å². The Morgan fingerprint density at radius 1 is 0.432 bits per heavy atom. The van der Waals surface area contributed by atoms with Crippen molar-refractivity contribution >= 4 is 23.5 Å². The van der Waals surface area contributed by atoms with Crippen molar-refractivity contribution in [2.75, 3.05) is 39.6 Å². The Morgan fingerprint density at radius 2 is 0.841 bits per heavy atom. The smallest absolute Gasteiger partial charge is 0.344 e. The Morgan fingerprint density at radius 3 is 1.30 bits per heavy atom. The Labute approximate surface area is 255 Å². The van der Waals surface area contributed by atoms with Crippen molar-refractivity contribution in [1.82, 2.24) is 0 Å². The highest BCUT2D eigenvalue weighted by molar-refractivity contribution is 6.09. The van der Waals surface area contributed by atoms with Gasteiger partial charge in [0.15, 0.2) is 24.8 Å². The second-order valence-corrected chi connectivity index (χ2v) is 9.42. The molecule has 0 unspecified atom stereocenters. The van der Waals surface area contributed by atoms with E-state index in [1.807, 2.05) is 12.1 Å². The minimum absolute atomic E-state index is 0.0517. The van der Waals surface area contributed by atoms with Crippen LogP contribution in [0.2, 0.25) is 0 Å². The minimum atomic E-state index is -0.551. The highest BCUT2D eigenvalue weighted by Gasteiger charge is 2.11. The molecule has 0 aliphatic rings. The fraction of sp³-hybridized carbons (Fsp3) is 0.200. The highest BCUT2D eigenvalue weighted by atomic mass is 16.6. The third kappa shape index (κ3) is 10.2. The zero-order valence-electron chi connectivity index (χ0n) is 24.0. The summed E-state index contributed by atoms with van der Waals surface area (Å²) < 4.78 is 26.5. The Hall–Kier alpha value is -5.28. The zero-order chi connectivity index (χ0) is 31.0. The number of carbonyl (C=O) groups excluding carboxylic acids is 4. The number of ketones is 2. The Kier molecular flexibility index (Phi) is 12.2. The molecule has 0 saturated heterocycles. The van der Waals surface area contributed by atoms with E-state index in [9.17, 15) is 19.2 Å². The second kappa shape index (κ2) is 17.0. The maximum atomic E-state index is 12.5. The molecule has 0 spiro atoms. The van der Waals surface area contributed by atoms with Crippen molar-refractivity contribution < 1.29 is 42.9 Å². The number of benzene rings is 4. The van der Waals surface area contributed by atoms with Crippen molar-refractivity contribution in [1.29, 1.82) is 0 Å². The molecule has 0 radical (unpaired) electrons. The maximum Gasteiger partial charge on any atom is 0.344 e. The van der Waals surface area contributed by atoms with Gasteiger partial charge in [-0.2, -0.15) is 0 Å². The first-order valence-electron chi connectivity index (χ1n) is 14.0. The van der Waals surface area contributed by atoms with Gasteiger partial charge in [0.25, 0.3) is 0 Å². The average Bonchev–Trinajstić information content (AvgIpc) is 3.08. The Balaban J connectivity index is 1.00. The van der Waals surface area contributed by atoms with E-state index in [1.54, 1.807) is 97.1 Å². The summed E-state index contributed by atoms with van der Waals surface area (Å²) >= 11 is 0. The standard InChI is InChI=1S/C35H32O9/c36-32(24-43-30-16-12-28(13-17-30)34(38)26-8-3-1-4-9-26)41-21-7-20-40-22-23-42-33(37)25-44-31-18-14-29(15-19-31)35(39)27-10-5-2-6-11-27/h1-6,8-19H,7,20-25H2. The quantitative estimate of drug-likeness (QED) is 0.0933. The first-order chi connectivity index (χ1) is 21.5. The number of hydrogen-bond acceptors (Lipinski definition) is 9.